The number of fused-ring (bicyclic) bond motifs is 1. The van der Waals surface area contributed by atoms with Gasteiger partial charge >= 0.3 is 0 Å². The number of hydrogen-bond donors (Lipinski definition) is 0. The van der Waals surface area contributed by atoms with Crippen molar-refractivity contribution in [3.63, 3.8) is 0 Å². The predicted molar refractivity (Wildman–Crippen MR) is 86.6 cm³/mol. The topological polar surface area (TPSA) is 39.9 Å². The van der Waals surface area contributed by atoms with Crippen LogP contribution >= 0.6 is 0 Å². The molecule has 0 aliphatic rings. The lowest BCUT2D eigenvalue weighted by atomic mass is 10.1. The van der Waals surface area contributed by atoms with E-state index in [4.69, 9.17) is 4.74 Å². The van der Waals surface area contributed by atoms with Crippen molar-refractivity contribution < 1.29 is 4.74 Å². The summed E-state index contributed by atoms with van der Waals surface area (Å²) in [5.74, 6) is 0.811. The Morgan fingerprint density at radius 2 is 1.86 bits per heavy atom. The summed E-state index contributed by atoms with van der Waals surface area (Å²) in [5, 5.41) is 5.37. The lowest BCUT2D eigenvalue weighted by molar-refractivity contribution is 0.410. The smallest absolute Gasteiger partial charge is 0.140 e. The van der Waals surface area contributed by atoms with E-state index in [0.29, 0.717) is 0 Å². The maximum Gasteiger partial charge on any atom is 0.140 e. The molecule has 0 fully saturated rings. The number of methoxy groups -OCH3 is 1. The summed E-state index contributed by atoms with van der Waals surface area (Å²) in [6.45, 7) is 6.02. The summed E-state index contributed by atoms with van der Waals surface area (Å²) < 4.78 is 7.10. The van der Waals surface area contributed by atoms with Crippen LogP contribution in [0.25, 0.3) is 22.2 Å². The summed E-state index contributed by atoms with van der Waals surface area (Å²) in [5.41, 5.74) is 4.24. The Hall–Kier alpha value is -2.36. The first-order valence-corrected chi connectivity index (χ1v) is 7.12. The van der Waals surface area contributed by atoms with Crippen LogP contribution in [-0.4, -0.2) is 21.9 Å². The van der Waals surface area contributed by atoms with Crippen LogP contribution in [0.2, 0.25) is 0 Å². The molecule has 0 N–H and O–H groups in total. The molecule has 0 saturated carbocycles. The van der Waals surface area contributed by atoms with Crippen molar-refractivity contribution in [3.05, 3.63) is 42.2 Å². The molecule has 3 aromatic rings. The first-order valence-electron chi connectivity index (χ1n) is 7.12. The molecule has 0 spiro atoms. The third kappa shape index (κ3) is 2.89. The zero-order chi connectivity index (χ0) is 15.4. The molecule has 0 aliphatic heterocycles. The van der Waals surface area contributed by atoms with E-state index in [2.05, 4.69) is 28.3 Å². The zero-order valence-electron chi connectivity index (χ0n) is 13.2. The van der Waals surface area contributed by atoms with Crippen LogP contribution < -0.4 is 4.74 Å². The van der Waals surface area contributed by atoms with Gasteiger partial charge in [-0.05, 0) is 30.7 Å². The summed E-state index contributed by atoms with van der Waals surface area (Å²) in [6, 6.07) is 8.28. The van der Waals surface area contributed by atoms with Crippen LogP contribution in [0.1, 0.15) is 19.4 Å². The third-order valence-electron chi connectivity index (χ3n) is 3.32. The highest BCUT2D eigenvalue weighted by Crippen LogP contribution is 2.26. The van der Waals surface area contributed by atoms with Gasteiger partial charge in [0.1, 0.15) is 5.75 Å². The van der Waals surface area contributed by atoms with Gasteiger partial charge in [0.2, 0.25) is 0 Å². The van der Waals surface area contributed by atoms with E-state index in [1.165, 1.54) is 0 Å². The molecule has 4 heteroatoms. The van der Waals surface area contributed by atoms with E-state index in [9.17, 15) is 0 Å². The van der Waals surface area contributed by atoms with Crippen LogP contribution in [-0.2, 0) is 7.05 Å². The van der Waals surface area contributed by atoms with Gasteiger partial charge in [-0.3, -0.25) is 9.67 Å². The minimum Gasteiger partial charge on any atom is -0.495 e. The molecule has 0 radical (unpaired) electrons. The average Bonchev–Trinajstić information content (AvgIpc) is 2.90. The Bertz CT molecular complexity index is 747. The normalized spacial score (nSPS) is 10.1. The standard InChI is InChI=1S/C15H15N3O.C2H6/c1-10-6-13(16-9-15(10)19-3)11-4-5-14-12(7-11)8-17-18(14)2;1-2/h4-9H,1-3H3;1-2H3. The Labute approximate surface area is 125 Å². The number of hydrogen-bond acceptors (Lipinski definition) is 3. The molecule has 0 atom stereocenters. The minimum atomic E-state index is 0.811. The number of rotatable bonds is 2. The van der Waals surface area contributed by atoms with Gasteiger partial charge in [0.25, 0.3) is 0 Å². The Morgan fingerprint density at radius 3 is 2.52 bits per heavy atom. The van der Waals surface area contributed by atoms with E-state index in [0.717, 1.165) is 33.5 Å². The molecule has 110 valence electrons. The Kier molecular flexibility index (Phi) is 4.58. The summed E-state index contributed by atoms with van der Waals surface area (Å²) in [7, 11) is 3.60. The first-order chi connectivity index (χ1) is 10.2. The van der Waals surface area contributed by atoms with Gasteiger partial charge in [-0.15, -0.1) is 0 Å². The lowest BCUT2D eigenvalue weighted by Gasteiger charge is -2.07. The molecule has 2 heterocycles. The van der Waals surface area contributed by atoms with Gasteiger partial charge < -0.3 is 4.74 Å². The Morgan fingerprint density at radius 1 is 1.10 bits per heavy atom. The highest BCUT2D eigenvalue weighted by atomic mass is 16.5. The largest absolute Gasteiger partial charge is 0.495 e. The van der Waals surface area contributed by atoms with Gasteiger partial charge in [-0.25, -0.2) is 0 Å². The second-order valence-electron chi connectivity index (χ2n) is 4.58. The van der Waals surface area contributed by atoms with Crippen LogP contribution in [0.5, 0.6) is 5.75 Å². The number of aryl methyl sites for hydroxylation is 2. The Balaban J connectivity index is 0.000000774. The third-order valence-corrected chi connectivity index (χ3v) is 3.32. The van der Waals surface area contributed by atoms with Crippen molar-refractivity contribution in [1.29, 1.82) is 0 Å². The number of aromatic nitrogens is 3. The molecule has 3 rings (SSSR count). The predicted octanol–water partition coefficient (Wildman–Crippen LogP) is 3.98. The molecule has 21 heavy (non-hydrogen) atoms. The molecule has 1 aromatic carbocycles. The molecular formula is C17H21N3O. The average molecular weight is 283 g/mol. The second kappa shape index (κ2) is 6.39. The van der Waals surface area contributed by atoms with Crippen molar-refractivity contribution >= 4 is 10.9 Å². The highest BCUT2D eigenvalue weighted by molar-refractivity contribution is 5.83. The van der Waals surface area contributed by atoms with E-state index in [-0.39, 0.29) is 0 Å². The van der Waals surface area contributed by atoms with E-state index in [1.54, 1.807) is 13.3 Å². The molecule has 0 bridgehead atoms. The maximum atomic E-state index is 5.23. The van der Waals surface area contributed by atoms with Crippen molar-refractivity contribution in [2.45, 2.75) is 20.8 Å². The molecule has 2 aromatic heterocycles. The molecule has 4 nitrogen and oxygen atoms in total. The fraction of sp³-hybridized carbons (Fsp3) is 0.294. The lowest BCUT2D eigenvalue weighted by Crippen LogP contribution is -1.91. The zero-order valence-corrected chi connectivity index (χ0v) is 13.2. The first kappa shape index (κ1) is 15.0. The minimum absolute atomic E-state index is 0.811. The van der Waals surface area contributed by atoms with Crippen LogP contribution in [0.4, 0.5) is 0 Å². The summed E-state index contributed by atoms with van der Waals surface area (Å²) >= 11 is 0. The fourth-order valence-corrected chi connectivity index (χ4v) is 2.24. The maximum absolute atomic E-state index is 5.23. The highest BCUT2D eigenvalue weighted by Gasteiger charge is 2.06. The van der Waals surface area contributed by atoms with Crippen LogP contribution in [0.3, 0.4) is 0 Å². The molecule has 0 unspecified atom stereocenters. The molecule has 0 saturated heterocycles. The fourth-order valence-electron chi connectivity index (χ4n) is 2.24. The number of pyridine rings is 1. The quantitative estimate of drug-likeness (QED) is 0.714. The summed E-state index contributed by atoms with van der Waals surface area (Å²) in [4.78, 5) is 4.44. The molecule has 0 aliphatic carbocycles. The molecular weight excluding hydrogens is 262 g/mol. The van der Waals surface area contributed by atoms with Gasteiger partial charge in [-0.2, -0.15) is 5.10 Å². The van der Waals surface area contributed by atoms with Gasteiger partial charge in [0.05, 0.1) is 30.7 Å². The van der Waals surface area contributed by atoms with Crippen LogP contribution in [0, 0.1) is 6.92 Å². The van der Waals surface area contributed by atoms with Crippen molar-refractivity contribution in [1.82, 2.24) is 14.8 Å². The monoisotopic (exact) mass is 283 g/mol. The SMILES string of the molecule is CC.COc1cnc(-c2ccc3c(cnn3C)c2)cc1C. The summed E-state index contributed by atoms with van der Waals surface area (Å²) in [6.07, 6.45) is 3.63. The number of ether oxygens (including phenoxy) is 1. The second-order valence-corrected chi connectivity index (χ2v) is 4.58. The van der Waals surface area contributed by atoms with Crippen molar-refractivity contribution in [2.75, 3.05) is 7.11 Å². The van der Waals surface area contributed by atoms with Crippen molar-refractivity contribution in [2.24, 2.45) is 7.05 Å². The van der Waals surface area contributed by atoms with E-state index in [1.807, 2.05) is 44.8 Å². The van der Waals surface area contributed by atoms with Crippen LogP contribution in [0.15, 0.2) is 36.7 Å². The van der Waals surface area contributed by atoms with Crippen molar-refractivity contribution in [3.8, 4) is 17.0 Å². The van der Waals surface area contributed by atoms with E-state index < -0.39 is 0 Å². The van der Waals surface area contributed by atoms with E-state index >= 15 is 0 Å². The van der Waals surface area contributed by atoms with Gasteiger partial charge in [0.15, 0.2) is 0 Å². The van der Waals surface area contributed by atoms with Gasteiger partial charge in [0, 0.05) is 18.0 Å². The number of benzene rings is 1. The number of nitrogens with zero attached hydrogens (tertiary/aromatic N) is 3. The van der Waals surface area contributed by atoms with Gasteiger partial charge in [-0.1, -0.05) is 19.9 Å². The molecule has 0 amide bonds.